The summed E-state index contributed by atoms with van der Waals surface area (Å²) in [7, 11) is -1.99. The van der Waals surface area contributed by atoms with E-state index in [1.54, 1.807) is 37.4 Å². The maximum atomic E-state index is 13.5. The third-order valence-electron chi connectivity index (χ3n) is 8.04. The van der Waals surface area contributed by atoms with Crippen molar-refractivity contribution in [1.29, 1.82) is 0 Å². The molecule has 0 spiro atoms. The van der Waals surface area contributed by atoms with E-state index in [0.29, 0.717) is 32.3 Å². The number of aldehydes is 1. The highest BCUT2D eigenvalue weighted by Crippen LogP contribution is 2.41. The summed E-state index contributed by atoms with van der Waals surface area (Å²) in [5.74, 6) is -0.944. The van der Waals surface area contributed by atoms with E-state index in [2.05, 4.69) is 13.5 Å². The summed E-state index contributed by atoms with van der Waals surface area (Å²) in [5.41, 5.74) is 0.979. The van der Waals surface area contributed by atoms with Gasteiger partial charge in [-0.3, -0.25) is 0 Å². The van der Waals surface area contributed by atoms with Crippen LogP contribution in [0.2, 0.25) is 0 Å². The molecule has 4 rings (SSSR count). The number of carbonyl (C=O) groups is 1. The lowest BCUT2D eigenvalue weighted by Crippen LogP contribution is -2.40. The van der Waals surface area contributed by atoms with Gasteiger partial charge in [-0.05, 0) is 50.3 Å². The van der Waals surface area contributed by atoms with E-state index in [1.165, 1.54) is 0 Å². The average Bonchev–Trinajstić information content (AvgIpc) is 3.38. The summed E-state index contributed by atoms with van der Waals surface area (Å²) in [5, 5.41) is 0. The van der Waals surface area contributed by atoms with Crippen LogP contribution in [0, 0.1) is 11.8 Å². The number of hydrogen-bond acceptors (Lipinski definition) is 8. The molecule has 3 aliphatic rings. The van der Waals surface area contributed by atoms with Crippen molar-refractivity contribution in [2.75, 3.05) is 19.5 Å². The van der Waals surface area contributed by atoms with Gasteiger partial charge in [0.2, 0.25) is 0 Å². The minimum Gasteiger partial charge on any atom is -0.378 e. The summed E-state index contributed by atoms with van der Waals surface area (Å²) < 4.78 is 57.6. The summed E-state index contributed by atoms with van der Waals surface area (Å²) in [6.45, 7) is 10.6. The Bertz CT molecular complexity index is 1060. The second-order valence-electron chi connectivity index (χ2n) is 11.3. The molecule has 3 aliphatic heterocycles. The van der Waals surface area contributed by atoms with Crippen molar-refractivity contribution in [2.45, 2.75) is 100 Å². The Hall–Kier alpha value is -1.62. The quantitative estimate of drug-likeness (QED) is 0.300. The maximum Gasteiger partial charge on any atom is 0.178 e. The fourth-order valence-corrected chi connectivity index (χ4v) is 7.73. The molecule has 3 heterocycles. The zero-order valence-electron chi connectivity index (χ0n) is 22.9. The van der Waals surface area contributed by atoms with Gasteiger partial charge in [-0.25, -0.2) is 8.42 Å². The fourth-order valence-electron chi connectivity index (χ4n) is 6.05. The molecule has 9 heteroatoms. The van der Waals surface area contributed by atoms with Gasteiger partial charge < -0.3 is 28.5 Å². The van der Waals surface area contributed by atoms with Crippen molar-refractivity contribution in [3.8, 4) is 0 Å². The first-order chi connectivity index (χ1) is 18.0. The van der Waals surface area contributed by atoms with Crippen LogP contribution in [0.15, 0.2) is 47.4 Å². The first-order valence-corrected chi connectivity index (χ1v) is 15.2. The van der Waals surface area contributed by atoms with Gasteiger partial charge in [0.05, 0.1) is 53.9 Å². The monoisotopic (exact) mass is 550 g/mol. The van der Waals surface area contributed by atoms with E-state index in [-0.39, 0.29) is 41.0 Å². The van der Waals surface area contributed by atoms with Crippen molar-refractivity contribution >= 4 is 16.1 Å². The van der Waals surface area contributed by atoms with Crippen LogP contribution in [0.4, 0.5) is 0 Å². The highest BCUT2D eigenvalue weighted by atomic mass is 32.2. The summed E-state index contributed by atoms with van der Waals surface area (Å²) in [6.07, 6.45) is 2.13. The van der Waals surface area contributed by atoms with E-state index in [1.807, 2.05) is 13.8 Å². The van der Waals surface area contributed by atoms with Crippen molar-refractivity contribution in [3.63, 3.8) is 0 Å². The van der Waals surface area contributed by atoms with Crippen molar-refractivity contribution in [1.82, 2.24) is 0 Å². The van der Waals surface area contributed by atoms with Crippen LogP contribution in [0.5, 0.6) is 0 Å². The third kappa shape index (κ3) is 6.92. The van der Waals surface area contributed by atoms with Gasteiger partial charge in [0.1, 0.15) is 6.29 Å². The third-order valence-corrected chi connectivity index (χ3v) is 9.85. The Kier molecular flexibility index (Phi) is 9.48. The van der Waals surface area contributed by atoms with Crippen LogP contribution in [-0.2, 0) is 38.3 Å². The van der Waals surface area contributed by atoms with Crippen LogP contribution in [0.3, 0.4) is 0 Å². The lowest BCUT2D eigenvalue weighted by Gasteiger charge is -2.37. The Balaban J connectivity index is 1.56. The van der Waals surface area contributed by atoms with Crippen LogP contribution < -0.4 is 0 Å². The lowest BCUT2D eigenvalue weighted by molar-refractivity contribution is -0.144. The standard InChI is InChI=1S/C29H42O8S/c1-19-14-21(10-9-13-30)35-25(20(19)2)16-26-24(18-38(31,32)23-11-7-6-8-12-23)28(33-5)27(36-26)15-22-17-34-29(3,4)37-22/h6-8,11-13,19,21-22,24-28H,2,9-10,14-18H2,1,3-5H3/t19-,21+,22+,24+,25?,26+,27-,28-/m1/s1. The predicted molar refractivity (Wildman–Crippen MR) is 142 cm³/mol. The molecule has 1 unspecified atom stereocenters. The zero-order chi connectivity index (χ0) is 27.5. The molecule has 0 saturated carbocycles. The summed E-state index contributed by atoms with van der Waals surface area (Å²) in [4.78, 5) is 11.2. The molecule has 8 nitrogen and oxygen atoms in total. The smallest absolute Gasteiger partial charge is 0.178 e. The first kappa shape index (κ1) is 29.4. The Morgan fingerprint density at radius 1 is 1.11 bits per heavy atom. The Labute approximate surface area is 226 Å². The second-order valence-corrected chi connectivity index (χ2v) is 13.3. The lowest BCUT2D eigenvalue weighted by atomic mass is 9.83. The molecule has 0 aromatic heterocycles. The zero-order valence-corrected chi connectivity index (χ0v) is 23.7. The summed E-state index contributed by atoms with van der Waals surface area (Å²) in [6, 6.07) is 8.50. The molecule has 212 valence electrons. The van der Waals surface area contributed by atoms with E-state index < -0.39 is 33.8 Å². The van der Waals surface area contributed by atoms with Crippen molar-refractivity contribution < 1.29 is 36.9 Å². The van der Waals surface area contributed by atoms with Crippen molar-refractivity contribution in [2.24, 2.45) is 11.8 Å². The van der Waals surface area contributed by atoms with Crippen LogP contribution >= 0.6 is 0 Å². The highest BCUT2D eigenvalue weighted by Gasteiger charge is 2.50. The number of methoxy groups -OCH3 is 1. The van der Waals surface area contributed by atoms with Crippen LogP contribution in [0.25, 0.3) is 0 Å². The molecule has 1 aromatic rings. The molecular formula is C29H42O8S. The first-order valence-electron chi connectivity index (χ1n) is 13.6. The summed E-state index contributed by atoms with van der Waals surface area (Å²) >= 11 is 0. The highest BCUT2D eigenvalue weighted by molar-refractivity contribution is 7.91. The molecule has 0 bridgehead atoms. The maximum absolute atomic E-state index is 13.5. The van der Waals surface area contributed by atoms with Gasteiger partial charge in [0, 0.05) is 32.3 Å². The van der Waals surface area contributed by atoms with Gasteiger partial charge in [0.15, 0.2) is 15.6 Å². The van der Waals surface area contributed by atoms with Gasteiger partial charge >= 0.3 is 0 Å². The predicted octanol–water partition coefficient (Wildman–Crippen LogP) is 4.12. The number of carbonyl (C=O) groups excluding carboxylic acids is 1. The number of sulfone groups is 1. The fraction of sp³-hybridized carbons (Fsp3) is 0.690. The molecule has 0 amide bonds. The van der Waals surface area contributed by atoms with Crippen LogP contribution in [0.1, 0.15) is 52.9 Å². The van der Waals surface area contributed by atoms with E-state index >= 15 is 0 Å². The Morgan fingerprint density at radius 3 is 2.47 bits per heavy atom. The largest absolute Gasteiger partial charge is 0.378 e. The molecule has 3 saturated heterocycles. The number of hydrogen-bond donors (Lipinski definition) is 0. The molecule has 0 aliphatic carbocycles. The molecule has 3 fully saturated rings. The van der Waals surface area contributed by atoms with Gasteiger partial charge in [-0.2, -0.15) is 0 Å². The van der Waals surface area contributed by atoms with Gasteiger partial charge in [-0.1, -0.05) is 31.7 Å². The second kappa shape index (κ2) is 12.3. The minimum absolute atomic E-state index is 0.0427. The SMILES string of the molecule is C=C1C(C[C@@H]2O[C@H](C[C@H]3COC(C)(C)O3)[C@H](OC)[C@H]2CS(=O)(=O)c2ccccc2)O[C@@H](CCC=O)C[C@H]1C. The molecular weight excluding hydrogens is 508 g/mol. The average molecular weight is 551 g/mol. The normalized spacial score (nSPS) is 35.4. The number of rotatable bonds is 11. The van der Waals surface area contributed by atoms with Gasteiger partial charge in [-0.15, -0.1) is 0 Å². The van der Waals surface area contributed by atoms with E-state index in [9.17, 15) is 13.2 Å². The topological polar surface area (TPSA) is 97.4 Å². The molecule has 1 aromatic carbocycles. The van der Waals surface area contributed by atoms with Crippen LogP contribution in [-0.4, -0.2) is 76.6 Å². The number of ether oxygens (including phenoxy) is 5. The minimum atomic E-state index is -3.59. The molecule has 8 atom stereocenters. The number of benzene rings is 1. The van der Waals surface area contributed by atoms with E-state index in [4.69, 9.17) is 23.7 Å². The van der Waals surface area contributed by atoms with E-state index in [0.717, 1.165) is 18.3 Å². The van der Waals surface area contributed by atoms with Crippen molar-refractivity contribution in [3.05, 3.63) is 42.5 Å². The molecule has 38 heavy (non-hydrogen) atoms. The Morgan fingerprint density at radius 2 is 1.84 bits per heavy atom. The molecule has 0 radical (unpaired) electrons. The molecule has 0 N–H and O–H groups in total. The van der Waals surface area contributed by atoms with Gasteiger partial charge in [0.25, 0.3) is 0 Å².